The molecule has 0 aromatic heterocycles. The maximum atomic E-state index is 7.96. The van der Waals surface area contributed by atoms with Crippen molar-refractivity contribution in [1.29, 1.82) is 0 Å². The van der Waals surface area contributed by atoms with E-state index in [1.165, 1.54) is 69.3 Å². The summed E-state index contributed by atoms with van der Waals surface area (Å²) in [5, 5.41) is 3.00. The van der Waals surface area contributed by atoms with Crippen LogP contribution in [0.5, 0.6) is 0 Å². The van der Waals surface area contributed by atoms with Crippen LogP contribution in [0, 0.1) is 5.92 Å². The van der Waals surface area contributed by atoms with Crippen molar-refractivity contribution in [3.05, 3.63) is 106 Å². The Hall–Kier alpha value is -1.70. The van der Waals surface area contributed by atoms with Crippen LogP contribution in [0.3, 0.4) is 0 Å². The molecule has 228 valence electrons. The molecule has 4 heteroatoms. The third-order valence-electron chi connectivity index (χ3n) is 9.89. The standard InChI is InChI=1S/C28H37.C12H9Si.2ClH.Zr/c1-10-19-11-12-20-13-21(18(2)3)16-25(20)26(19)22-14-23(27(4,5)6)17-24(15-22)28(7,8)9;1-3-7-11-9(5-1)10-6-2-4-8-12(10)13-11;;;/h11-18H,10H2,1-9H3;1-7H,13H2;2*1H;/q;;;;+2/p-2. The van der Waals surface area contributed by atoms with Crippen molar-refractivity contribution < 1.29 is 17.9 Å². The van der Waals surface area contributed by atoms with Crippen molar-refractivity contribution in [2.45, 2.75) is 83.2 Å². The quantitative estimate of drug-likeness (QED) is 0.159. The predicted molar refractivity (Wildman–Crippen MR) is 195 cm³/mol. The first-order valence-electron chi connectivity index (χ1n) is 16.2. The van der Waals surface area contributed by atoms with Crippen LogP contribution in [-0.4, -0.2) is 9.52 Å². The third-order valence-corrected chi connectivity index (χ3v) is 24.2. The van der Waals surface area contributed by atoms with Crippen LogP contribution in [0.4, 0.5) is 0 Å². The molecular formula is C40H46Cl2SiZr. The van der Waals surface area contributed by atoms with E-state index in [9.17, 15) is 0 Å². The van der Waals surface area contributed by atoms with Crippen LogP contribution in [0.1, 0.15) is 93.8 Å². The zero-order valence-corrected chi connectivity index (χ0v) is 33.2. The Labute approximate surface area is 279 Å². The zero-order chi connectivity index (χ0) is 31.8. The van der Waals surface area contributed by atoms with Crippen molar-refractivity contribution in [1.82, 2.24) is 0 Å². The van der Waals surface area contributed by atoms with E-state index in [0.717, 1.165) is 6.42 Å². The Morgan fingerprint density at radius 3 is 2.05 bits per heavy atom. The molecule has 1 atom stereocenters. The van der Waals surface area contributed by atoms with Gasteiger partial charge in [0.25, 0.3) is 0 Å². The van der Waals surface area contributed by atoms with Crippen molar-refractivity contribution >= 4 is 46.3 Å². The zero-order valence-electron chi connectivity index (χ0n) is 27.8. The summed E-state index contributed by atoms with van der Waals surface area (Å²) in [6, 6.07) is 27.8. The molecule has 0 amide bonds. The fourth-order valence-corrected chi connectivity index (χ4v) is 24.4. The number of benzene rings is 4. The maximum absolute atomic E-state index is 7.96. The average Bonchev–Trinajstić information content (AvgIpc) is 3.55. The minimum atomic E-state index is -4.04. The first-order chi connectivity index (χ1) is 20.6. The molecular weight excluding hydrogens is 671 g/mol. The fraction of sp³-hybridized carbons (Fsp3) is 0.350. The summed E-state index contributed by atoms with van der Waals surface area (Å²) < 4.78 is 1.39. The van der Waals surface area contributed by atoms with Crippen molar-refractivity contribution in [3.8, 4) is 22.3 Å². The van der Waals surface area contributed by atoms with Gasteiger partial charge in [-0.2, -0.15) is 0 Å². The van der Waals surface area contributed by atoms with E-state index >= 15 is 0 Å². The second-order valence-corrected chi connectivity index (χ2v) is 31.1. The SMILES string of the molecule is CCc1ccc2c(c1-c1cc(C(C)(C)C)cc(C(C)(C)C)c1)C=C(C(C)C)[CH]2[Zr]([Cl])([Cl])[c]1cccc2c1[SiH2]c1ccccc1-2. The predicted octanol–water partition coefficient (Wildman–Crippen LogP) is 9.49. The van der Waals surface area contributed by atoms with Gasteiger partial charge in [0.05, 0.1) is 0 Å². The van der Waals surface area contributed by atoms with Crippen LogP contribution in [0.2, 0.25) is 0 Å². The Morgan fingerprint density at radius 1 is 0.795 bits per heavy atom. The molecule has 0 N–H and O–H groups in total. The molecule has 0 saturated carbocycles. The molecule has 0 fully saturated rings. The van der Waals surface area contributed by atoms with Gasteiger partial charge in [-0.25, -0.2) is 0 Å². The molecule has 0 nitrogen and oxygen atoms in total. The first kappa shape index (κ1) is 32.2. The van der Waals surface area contributed by atoms with Crippen LogP contribution in [0.15, 0.2) is 78.4 Å². The van der Waals surface area contributed by atoms with E-state index in [0.29, 0.717) is 5.92 Å². The van der Waals surface area contributed by atoms with E-state index in [4.69, 9.17) is 17.0 Å². The molecule has 1 aliphatic heterocycles. The summed E-state index contributed by atoms with van der Waals surface area (Å²) in [7, 11) is 15.3. The van der Waals surface area contributed by atoms with Crippen molar-refractivity contribution in [2.24, 2.45) is 5.92 Å². The average molecular weight is 717 g/mol. The number of allylic oxidation sites excluding steroid dienone is 1. The van der Waals surface area contributed by atoms with E-state index in [2.05, 4.69) is 141 Å². The fourth-order valence-electron chi connectivity index (χ4n) is 7.32. The second-order valence-electron chi connectivity index (χ2n) is 15.3. The monoisotopic (exact) mass is 714 g/mol. The summed E-state index contributed by atoms with van der Waals surface area (Å²) in [5.41, 5.74) is 13.8. The number of fused-ring (bicyclic) bond motifs is 4. The molecule has 0 saturated heterocycles. The van der Waals surface area contributed by atoms with Gasteiger partial charge in [-0.1, -0.05) is 0 Å². The Balaban J connectivity index is 1.57. The molecule has 0 spiro atoms. The number of halogens is 2. The number of hydrogen-bond donors (Lipinski definition) is 0. The van der Waals surface area contributed by atoms with Crippen LogP contribution >= 0.6 is 17.0 Å². The van der Waals surface area contributed by atoms with Gasteiger partial charge in [0.2, 0.25) is 0 Å². The van der Waals surface area contributed by atoms with Crippen LogP contribution < -0.4 is 13.6 Å². The van der Waals surface area contributed by atoms with Crippen LogP contribution in [0.25, 0.3) is 28.3 Å². The third kappa shape index (κ3) is 5.51. The topological polar surface area (TPSA) is 0 Å². The van der Waals surface area contributed by atoms with Gasteiger partial charge in [-0.15, -0.1) is 0 Å². The van der Waals surface area contributed by atoms with Gasteiger partial charge in [0.1, 0.15) is 0 Å². The van der Waals surface area contributed by atoms with Gasteiger partial charge in [-0.05, 0) is 0 Å². The molecule has 0 radical (unpaired) electrons. The van der Waals surface area contributed by atoms with Crippen molar-refractivity contribution in [3.63, 3.8) is 0 Å². The van der Waals surface area contributed by atoms with Crippen molar-refractivity contribution in [2.75, 3.05) is 0 Å². The summed E-state index contributed by atoms with van der Waals surface area (Å²) >= 11 is -4.04. The molecule has 2 aliphatic rings. The van der Waals surface area contributed by atoms with Gasteiger partial charge in [0, 0.05) is 0 Å². The minimum absolute atomic E-state index is 0.0504. The molecule has 4 aromatic rings. The molecule has 1 aliphatic carbocycles. The molecule has 1 unspecified atom stereocenters. The molecule has 1 heterocycles. The van der Waals surface area contributed by atoms with E-state index in [1.807, 2.05) is 0 Å². The van der Waals surface area contributed by atoms with Gasteiger partial charge in [0.15, 0.2) is 0 Å². The number of aryl methyl sites for hydroxylation is 1. The summed E-state index contributed by atoms with van der Waals surface area (Å²) in [4.78, 5) is 0. The van der Waals surface area contributed by atoms with E-state index in [1.54, 1.807) is 0 Å². The van der Waals surface area contributed by atoms with E-state index < -0.39 is 27.4 Å². The second kappa shape index (κ2) is 11.5. The molecule has 6 rings (SSSR count). The number of hydrogen-bond acceptors (Lipinski definition) is 0. The Kier molecular flexibility index (Phi) is 8.44. The summed E-state index contributed by atoms with van der Waals surface area (Å²) in [5.74, 6) is 0.358. The van der Waals surface area contributed by atoms with Crippen LogP contribution in [-0.2, 0) is 35.1 Å². The molecule has 44 heavy (non-hydrogen) atoms. The van der Waals surface area contributed by atoms with Gasteiger partial charge < -0.3 is 0 Å². The molecule has 4 aromatic carbocycles. The Bertz CT molecular complexity index is 1770. The number of rotatable bonds is 5. The first-order valence-corrected chi connectivity index (χ1v) is 26.6. The summed E-state index contributed by atoms with van der Waals surface area (Å²) in [6.45, 7) is 20.9. The van der Waals surface area contributed by atoms with E-state index in [-0.39, 0.29) is 14.5 Å². The normalized spacial score (nSPS) is 16.7. The Morgan fingerprint density at radius 2 is 1.43 bits per heavy atom. The molecule has 0 bridgehead atoms. The summed E-state index contributed by atoms with van der Waals surface area (Å²) in [6.07, 6.45) is 3.47. The van der Waals surface area contributed by atoms with Gasteiger partial charge >= 0.3 is 282 Å². The van der Waals surface area contributed by atoms with Gasteiger partial charge in [-0.3, -0.25) is 0 Å².